The fraction of sp³-hybridized carbons (Fsp3) is 0.800. The summed E-state index contributed by atoms with van der Waals surface area (Å²) in [5.74, 6) is -0.848. The van der Waals surface area contributed by atoms with E-state index in [0.29, 0.717) is 6.42 Å². The third-order valence-electron chi connectivity index (χ3n) is 3.36. The molecule has 0 unspecified atom stereocenters. The van der Waals surface area contributed by atoms with Crippen molar-refractivity contribution in [3.8, 4) is 0 Å². The van der Waals surface area contributed by atoms with E-state index < -0.39 is 11.3 Å². The lowest BCUT2D eigenvalue weighted by atomic mass is 9.85. The van der Waals surface area contributed by atoms with Crippen molar-refractivity contribution in [2.24, 2.45) is 5.41 Å². The van der Waals surface area contributed by atoms with Crippen LogP contribution in [-0.2, 0) is 14.3 Å². The van der Waals surface area contributed by atoms with E-state index in [1.54, 1.807) is 20.9 Å². The summed E-state index contributed by atoms with van der Waals surface area (Å²) in [4.78, 5) is 32.7. The van der Waals surface area contributed by atoms with Gasteiger partial charge in [-0.2, -0.15) is 0 Å². The number of hydrogen-bond donors (Lipinski definition) is 2. The van der Waals surface area contributed by atoms with Crippen molar-refractivity contribution in [3.05, 3.63) is 0 Å². The van der Waals surface area contributed by atoms with E-state index in [0.717, 1.165) is 6.42 Å². The molecule has 0 aliphatic rings. The van der Waals surface area contributed by atoms with Crippen LogP contribution in [0.5, 0.6) is 0 Å². The summed E-state index contributed by atoms with van der Waals surface area (Å²) < 4.78 is 4.99. The number of amides is 2. The van der Waals surface area contributed by atoms with Crippen molar-refractivity contribution in [1.82, 2.24) is 10.6 Å². The smallest absolute Gasteiger partial charge is 0.407 e. The second-order valence-corrected chi connectivity index (χ2v) is 5.90. The molecule has 0 heterocycles. The summed E-state index contributed by atoms with van der Waals surface area (Å²) >= 11 is 0. The van der Waals surface area contributed by atoms with Gasteiger partial charge in [-0.3, -0.25) is 9.59 Å². The number of alkyl carbamates (subject to hydrolysis) is 1. The molecule has 0 aliphatic carbocycles. The molecule has 0 bridgehead atoms. The first kappa shape index (κ1) is 21.7. The van der Waals surface area contributed by atoms with Gasteiger partial charge in [0.1, 0.15) is 5.60 Å². The van der Waals surface area contributed by atoms with Crippen LogP contribution in [0.25, 0.3) is 0 Å². The molecule has 0 spiro atoms. The van der Waals surface area contributed by atoms with Gasteiger partial charge in [0.25, 0.3) is 5.91 Å². The third kappa shape index (κ3) is 9.05. The van der Waals surface area contributed by atoms with Crippen molar-refractivity contribution in [2.75, 3.05) is 14.1 Å². The Morgan fingerprint density at radius 2 is 1.38 bits per heavy atom. The monoisotopic (exact) mass is 302 g/mol. The first-order valence-corrected chi connectivity index (χ1v) is 7.14. The third-order valence-corrected chi connectivity index (χ3v) is 3.36. The van der Waals surface area contributed by atoms with Gasteiger partial charge in [-0.05, 0) is 26.7 Å². The van der Waals surface area contributed by atoms with E-state index in [1.165, 1.54) is 7.05 Å². The number of likely N-dealkylation sites (N-methyl/N-ethyl adjacent to an activating group) is 1. The average molecular weight is 302 g/mol. The van der Waals surface area contributed by atoms with Crippen molar-refractivity contribution >= 4 is 17.8 Å². The highest BCUT2D eigenvalue weighted by Crippen LogP contribution is 2.20. The van der Waals surface area contributed by atoms with Gasteiger partial charge < -0.3 is 15.4 Å². The van der Waals surface area contributed by atoms with Crippen LogP contribution in [0, 0.1) is 5.41 Å². The van der Waals surface area contributed by atoms with Crippen LogP contribution in [0.15, 0.2) is 0 Å². The molecule has 6 nitrogen and oxygen atoms in total. The van der Waals surface area contributed by atoms with Crippen LogP contribution < -0.4 is 10.6 Å². The van der Waals surface area contributed by atoms with Crippen LogP contribution in [0.4, 0.5) is 4.79 Å². The molecule has 21 heavy (non-hydrogen) atoms. The summed E-state index contributed by atoms with van der Waals surface area (Å²) in [6.45, 7) is 11.2. The fourth-order valence-corrected chi connectivity index (χ4v) is 0.956. The van der Waals surface area contributed by atoms with E-state index >= 15 is 0 Å². The number of hydrogen-bond acceptors (Lipinski definition) is 4. The fourth-order valence-electron chi connectivity index (χ4n) is 0.956. The molecule has 0 saturated heterocycles. The van der Waals surface area contributed by atoms with Gasteiger partial charge >= 0.3 is 6.09 Å². The van der Waals surface area contributed by atoms with Gasteiger partial charge in [-0.1, -0.05) is 27.7 Å². The Morgan fingerprint density at radius 1 is 0.905 bits per heavy atom. The average Bonchev–Trinajstić information content (AvgIpc) is 2.45. The molecule has 0 aliphatic heterocycles. The molecule has 0 radical (unpaired) electrons. The molecule has 124 valence electrons. The molecular weight excluding hydrogens is 272 g/mol. The molecule has 0 fully saturated rings. The normalized spacial score (nSPS) is 10.9. The van der Waals surface area contributed by atoms with Crippen LogP contribution in [0.1, 0.15) is 54.4 Å². The van der Waals surface area contributed by atoms with E-state index in [-0.39, 0.29) is 17.5 Å². The first-order chi connectivity index (χ1) is 9.47. The van der Waals surface area contributed by atoms with Crippen LogP contribution in [0.3, 0.4) is 0 Å². The second kappa shape index (κ2) is 9.37. The molecule has 0 atom stereocenters. The van der Waals surface area contributed by atoms with Gasteiger partial charge in [0.05, 0.1) is 0 Å². The van der Waals surface area contributed by atoms with E-state index in [1.807, 2.05) is 27.7 Å². The Balaban J connectivity index is 0. The Kier molecular flexibility index (Phi) is 9.68. The number of carbonyl (C=O) groups excluding carboxylic acids is 3. The summed E-state index contributed by atoms with van der Waals surface area (Å²) in [6.07, 6.45) is 1.13. The molecule has 0 saturated carbocycles. The lowest BCUT2D eigenvalue weighted by Crippen LogP contribution is -2.37. The van der Waals surface area contributed by atoms with Crippen LogP contribution >= 0.6 is 0 Å². The highest BCUT2D eigenvalue weighted by molar-refractivity contribution is 6.37. The largest absolute Gasteiger partial charge is 0.444 e. The van der Waals surface area contributed by atoms with Crippen molar-refractivity contribution in [1.29, 1.82) is 0 Å². The minimum absolute atomic E-state index is 0.345. The molecule has 0 rings (SSSR count). The molecule has 2 N–H and O–H groups in total. The Bertz CT molecular complexity index is 363. The SMILES string of the molecule is CCC(C)(C)C(=O)C(=O)NC.CCC(C)(C)OC(=O)NC. The first-order valence-electron chi connectivity index (χ1n) is 7.14. The topological polar surface area (TPSA) is 84.5 Å². The Labute approximate surface area is 128 Å². The zero-order chi connectivity index (χ0) is 17.3. The number of ketones is 1. The second-order valence-electron chi connectivity index (χ2n) is 5.90. The van der Waals surface area contributed by atoms with Crippen LogP contribution in [0.2, 0.25) is 0 Å². The summed E-state index contributed by atoms with van der Waals surface area (Å²) in [5.41, 5.74) is -0.875. The molecule has 6 heteroatoms. The highest BCUT2D eigenvalue weighted by atomic mass is 16.6. The maximum atomic E-state index is 11.2. The molecule has 0 aromatic rings. The lowest BCUT2D eigenvalue weighted by molar-refractivity contribution is -0.142. The summed E-state index contributed by atoms with van der Waals surface area (Å²) in [7, 11) is 3.01. The van der Waals surface area contributed by atoms with Crippen molar-refractivity contribution in [3.63, 3.8) is 0 Å². The highest BCUT2D eigenvalue weighted by Gasteiger charge is 2.30. The lowest BCUT2D eigenvalue weighted by Gasteiger charge is -2.22. The Morgan fingerprint density at radius 3 is 1.67 bits per heavy atom. The quantitative estimate of drug-likeness (QED) is 0.763. The van der Waals surface area contributed by atoms with E-state index in [2.05, 4.69) is 10.6 Å². The number of Topliss-reactive ketones (excluding diaryl/α,β-unsaturated/α-hetero) is 1. The number of carbonyl (C=O) groups is 3. The molecule has 0 aromatic carbocycles. The van der Waals surface area contributed by atoms with Crippen molar-refractivity contribution < 1.29 is 19.1 Å². The van der Waals surface area contributed by atoms with Crippen LogP contribution in [-0.4, -0.2) is 37.5 Å². The Hall–Kier alpha value is -1.59. The number of rotatable bonds is 5. The summed E-state index contributed by atoms with van der Waals surface area (Å²) in [5, 5.41) is 4.71. The predicted octanol–water partition coefficient (Wildman–Crippen LogP) is 2.27. The van der Waals surface area contributed by atoms with Gasteiger partial charge in [-0.15, -0.1) is 0 Å². The van der Waals surface area contributed by atoms with Crippen molar-refractivity contribution in [2.45, 2.75) is 60.0 Å². The number of nitrogens with one attached hydrogen (secondary N) is 2. The van der Waals surface area contributed by atoms with Gasteiger partial charge in [-0.25, -0.2) is 4.79 Å². The minimum Gasteiger partial charge on any atom is -0.444 e. The maximum Gasteiger partial charge on any atom is 0.407 e. The maximum absolute atomic E-state index is 11.2. The standard InChI is InChI=1S/C8H15NO2.C7H15NO2/c1-5-8(2,3)6(10)7(11)9-4;1-5-7(2,3)10-6(9)8-4/h5H2,1-4H3,(H,9,11);5H2,1-4H3,(H,8,9). The minimum atomic E-state index is -0.528. The molecular formula is C15H30N2O4. The molecule has 2 amide bonds. The van der Waals surface area contributed by atoms with Gasteiger partial charge in [0, 0.05) is 19.5 Å². The van der Waals surface area contributed by atoms with E-state index in [9.17, 15) is 14.4 Å². The zero-order valence-corrected chi connectivity index (χ0v) is 14.5. The molecule has 0 aromatic heterocycles. The summed E-state index contributed by atoms with van der Waals surface area (Å²) in [6, 6.07) is 0. The predicted molar refractivity (Wildman–Crippen MR) is 83.1 cm³/mol. The zero-order valence-electron chi connectivity index (χ0n) is 14.5. The van der Waals surface area contributed by atoms with E-state index in [4.69, 9.17) is 4.74 Å². The number of ether oxygens (including phenoxy) is 1. The van der Waals surface area contributed by atoms with Gasteiger partial charge in [0.15, 0.2) is 0 Å². The van der Waals surface area contributed by atoms with Gasteiger partial charge in [0.2, 0.25) is 5.78 Å².